The van der Waals surface area contributed by atoms with Crippen molar-refractivity contribution in [3.8, 4) is 5.75 Å². The molecular weight excluding hydrogens is 367 g/mol. The van der Waals surface area contributed by atoms with E-state index in [1.54, 1.807) is 18.2 Å². The van der Waals surface area contributed by atoms with Gasteiger partial charge in [0.1, 0.15) is 5.76 Å². The van der Waals surface area contributed by atoms with Crippen molar-refractivity contribution in [2.45, 2.75) is 33.2 Å². The van der Waals surface area contributed by atoms with Crippen LogP contribution in [0.1, 0.15) is 50.1 Å². The molecule has 5 nitrogen and oxygen atoms in total. The topological polar surface area (TPSA) is 64.4 Å². The Morgan fingerprint density at radius 3 is 2.74 bits per heavy atom. The number of aromatic nitrogens is 1. The number of halogens is 1. The Morgan fingerprint density at radius 2 is 2.11 bits per heavy atom. The van der Waals surface area contributed by atoms with Crippen LogP contribution < -0.4 is 10.1 Å². The van der Waals surface area contributed by atoms with E-state index in [1.165, 1.54) is 24.5 Å². The minimum absolute atomic E-state index is 0.180. The van der Waals surface area contributed by atoms with Crippen molar-refractivity contribution in [3.63, 3.8) is 0 Å². The highest BCUT2D eigenvalue weighted by atomic mass is 32.1. The van der Waals surface area contributed by atoms with Gasteiger partial charge in [0, 0.05) is 16.9 Å². The second kappa shape index (κ2) is 7.92. The van der Waals surface area contributed by atoms with E-state index in [4.69, 9.17) is 9.26 Å². The lowest BCUT2D eigenvalue weighted by atomic mass is 10.1. The van der Waals surface area contributed by atoms with Crippen LogP contribution >= 0.6 is 11.3 Å². The number of benzene rings is 1. The van der Waals surface area contributed by atoms with E-state index in [0.29, 0.717) is 16.9 Å². The Kier molecular flexibility index (Phi) is 5.60. The van der Waals surface area contributed by atoms with E-state index in [-0.39, 0.29) is 17.7 Å². The summed E-state index contributed by atoms with van der Waals surface area (Å²) in [5.74, 6) is 0.337. The molecule has 2 aromatic heterocycles. The molecule has 0 unspecified atom stereocenters. The Morgan fingerprint density at radius 1 is 1.33 bits per heavy atom. The highest BCUT2D eigenvalue weighted by Crippen LogP contribution is 2.25. The summed E-state index contributed by atoms with van der Waals surface area (Å²) in [5, 5.41) is 6.86. The standard InChI is InChI=1S/C20H21FN2O3S/c1-11(14-5-7-18(25-4)17(21)9-14)22-20(24)19-8-6-15(27-19)10-16-12(2)23-26-13(16)3/h5-9,11H,10H2,1-4H3,(H,22,24)/t11-/m0/s1. The van der Waals surface area contributed by atoms with Gasteiger partial charge in [-0.15, -0.1) is 11.3 Å². The first-order chi connectivity index (χ1) is 12.9. The van der Waals surface area contributed by atoms with Crippen molar-refractivity contribution in [3.05, 3.63) is 68.5 Å². The molecule has 0 radical (unpaired) electrons. The second-order valence-corrected chi connectivity index (χ2v) is 7.50. The molecule has 0 fully saturated rings. The van der Waals surface area contributed by atoms with Crippen molar-refractivity contribution in [2.24, 2.45) is 0 Å². The Hall–Kier alpha value is -2.67. The van der Waals surface area contributed by atoms with Crippen LogP contribution in [0, 0.1) is 19.7 Å². The van der Waals surface area contributed by atoms with Crippen LogP contribution in [0.4, 0.5) is 4.39 Å². The molecule has 1 aromatic carbocycles. The van der Waals surface area contributed by atoms with Gasteiger partial charge in [-0.25, -0.2) is 4.39 Å². The molecule has 0 aliphatic carbocycles. The van der Waals surface area contributed by atoms with Crippen LogP contribution in [-0.2, 0) is 6.42 Å². The van der Waals surface area contributed by atoms with Gasteiger partial charge in [-0.05, 0) is 50.6 Å². The van der Waals surface area contributed by atoms with Crippen molar-refractivity contribution in [1.82, 2.24) is 10.5 Å². The molecule has 142 valence electrons. The summed E-state index contributed by atoms with van der Waals surface area (Å²) in [6.45, 7) is 5.60. The van der Waals surface area contributed by atoms with E-state index in [1.807, 2.05) is 26.8 Å². The molecule has 0 spiro atoms. The summed E-state index contributed by atoms with van der Waals surface area (Å²) in [6, 6.07) is 8.08. The predicted molar refractivity (Wildman–Crippen MR) is 102 cm³/mol. The van der Waals surface area contributed by atoms with Crippen molar-refractivity contribution in [1.29, 1.82) is 0 Å². The maximum atomic E-state index is 13.9. The van der Waals surface area contributed by atoms with Crippen molar-refractivity contribution >= 4 is 17.2 Å². The highest BCUT2D eigenvalue weighted by molar-refractivity contribution is 7.14. The van der Waals surface area contributed by atoms with Crippen molar-refractivity contribution < 1.29 is 18.4 Å². The summed E-state index contributed by atoms with van der Waals surface area (Å²) in [5.41, 5.74) is 2.59. The number of aryl methyl sites for hydroxylation is 2. The zero-order valence-corrected chi connectivity index (χ0v) is 16.4. The van der Waals surface area contributed by atoms with Gasteiger partial charge < -0.3 is 14.6 Å². The van der Waals surface area contributed by atoms with Gasteiger partial charge in [-0.2, -0.15) is 0 Å². The van der Waals surface area contributed by atoms with Crippen LogP contribution in [-0.4, -0.2) is 18.2 Å². The maximum absolute atomic E-state index is 13.9. The first kappa shape index (κ1) is 19.1. The summed E-state index contributed by atoms with van der Waals surface area (Å²) in [4.78, 5) is 14.2. The molecule has 0 saturated heterocycles. The van der Waals surface area contributed by atoms with Crippen LogP contribution in [0.15, 0.2) is 34.9 Å². The average molecular weight is 388 g/mol. The first-order valence-electron chi connectivity index (χ1n) is 8.53. The molecule has 0 bridgehead atoms. The molecule has 1 atom stereocenters. The molecule has 27 heavy (non-hydrogen) atoms. The zero-order valence-electron chi connectivity index (χ0n) is 15.6. The Bertz CT molecular complexity index is 945. The number of thiophene rings is 1. The van der Waals surface area contributed by atoms with Gasteiger partial charge in [-0.3, -0.25) is 4.79 Å². The number of methoxy groups -OCH3 is 1. The third-order valence-corrected chi connectivity index (χ3v) is 5.53. The molecule has 0 aliphatic rings. The Labute approximate surface area is 161 Å². The lowest BCUT2D eigenvalue weighted by Gasteiger charge is -2.14. The lowest BCUT2D eigenvalue weighted by Crippen LogP contribution is -2.25. The Balaban J connectivity index is 1.68. The van der Waals surface area contributed by atoms with E-state index in [2.05, 4.69) is 10.5 Å². The number of hydrogen-bond acceptors (Lipinski definition) is 5. The SMILES string of the molecule is COc1ccc([C@H](C)NC(=O)c2ccc(Cc3c(C)noc3C)s2)cc1F. The van der Waals surface area contributed by atoms with Crippen molar-refractivity contribution in [2.75, 3.05) is 7.11 Å². The molecule has 3 aromatic rings. The van der Waals surface area contributed by atoms with Crippen LogP contribution in [0.5, 0.6) is 5.75 Å². The third kappa shape index (κ3) is 4.19. The lowest BCUT2D eigenvalue weighted by molar-refractivity contribution is 0.0944. The van der Waals surface area contributed by atoms with Gasteiger partial charge >= 0.3 is 0 Å². The molecule has 0 aliphatic heterocycles. The smallest absolute Gasteiger partial charge is 0.261 e. The molecule has 0 saturated carbocycles. The van der Waals surface area contributed by atoms with Gasteiger partial charge in [0.05, 0.1) is 23.7 Å². The monoisotopic (exact) mass is 388 g/mol. The summed E-state index contributed by atoms with van der Waals surface area (Å²) in [6.07, 6.45) is 0.679. The quantitative estimate of drug-likeness (QED) is 0.671. The summed E-state index contributed by atoms with van der Waals surface area (Å²) >= 11 is 1.43. The summed E-state index contributed by atoms with van der Waals surface area (Å²) in [7, 11) is 1.42. The maximum Gasteiger partial charge on any atom is 0.261 e. The van der Waals surface area contributed by atoms with Gasteiger partial charge in [0.25, 0.3) is 5.91 Å². The molecule has 1 amide bonds. The van der Waals surface area contributed by atoms with Gasteiger partial charge in [0.15, 0.2) is 11.6 Å². The van der Waals surface area contributed by atoms with Gasteiger partial charge in [0.2, 0.25) is 0 Å². The number of carbonyl (C=O) groups excluding carboxylic acids is 1. The molecule has 1 N–H and O–H groups in total. The number of hydrogen-bond donors (Lipinski definition) is 1. The van der Waals surface area contributed by atoms with Gasteiger partial charge in [-0.1, -0.05) is 11.2 Å². The van der Waals surface area contributed by atoms with Crippen LogP contribution in [0.3, 0.4) is 0 Å². The van der Waals surface area contributed by atoms with Crippen LogP contribution in [0.25, 0.3) is 0 Å². The van der Waals surface area contributed by atoms with E-state index in [0.717, 1.165) is 21.9 Å². The molecule has 2 heterocycles. The normalized spacial score (nSPS) is 12.0. The number of nitrogens with one attached hydrogen (secondary N) is 1. The molecular formula is C20H21FN2O3S. The second-order valence-electron chi connectivity index (χ2n) is 6.33. The first-order valence-corrected chi connectivity index (χ1v) is 9.35. The highest BCUT2D eigenvalue weighted by Gasteiger charge is 2.17. The fraction of sp³-hybridized carbons (Fsp3) is 0.300. The van der Waals surface area contributed by atoms with Crippen LogP contribution in [0.2, 0.25) is 0 Å². The minimum Gasteiger partial charge on any atom is -0.494 e. The molecule has 3 rings (SSSR count). The third-order valence-electron chi connectivity index (χ3n) is 4.44. The zero-order chi connectivity index (χ0) is 19.6. The number of rotatable bonds is 6. The minimum atomic E-state index is -0.450. The number of nitrogens with zero attached hydrogens (tertiary/aromatic N) is 1. The summed E-state index contributed by atoms with van der Waals surface area (Å²) < 4.78 is 24.0. The van der Waals surface area contributed by atoms with E-state index >= 15 is 0 Å². The van der Waals surface area contributed by atoms with E-state index in [9.17, 15) is 9.18 Å². The largest absolute Gasteiger partial charge is 0.494 e. The number of amides is 1. The average Bonchev–Trinajstić information content (AvgIpc) is 3.24. The fourth-order valence-electron chi connectivity index (χ4n) is 2.83. The fourth-order valence-corrected chi connectivity index (χ4v) is 3.75. The van der Waals surface area contributed by atoms with E-state index < -0.39 is 5.82 Å². The molecule has 7 heteroatoms. The predicted octanol–water partition coefficient (Wildman–Crippen LogP) is 4.58. The number of carbonyl (C=O) groups is 1. The number of ether oxygens (including phenoxy) is 1.